The maximum absolute atomic E-state index is 12.6. The highest BCUT2D eigenvalue weighted by atomic mass is 35.5. The van der Waals surface area contributed by atoms with Crippen LogP contribution >= 0.6 is 23.2 Å². The normalized spacial score (nSPS) is 10.9. The van der Waals surface area contributed by atoms with E-state index in [1.54, 1.807) is 60.7 Å². The summed E-state index contributed by atoms with van der Waals surface area (Å²) in [5.41, 5.74) is 2.04. The number of hydrogen-bond donors (Lipinski definition) is 2. The molecule has 4 aromatic rings. The van der Waals surface area contributed by atoms with Crippen molar-refractivity contribution in [3.05, 3.63) is 88.3 Å². The highest BCUT2D eigenvalue weighted by Crippen LogP contribution is 2.29. The van der Waals surface area contributed by atoms with E-state index in [0.717, 1.165) is 5.56 Å². The molecule has 5 nitrogen and oxygen atoms in total. The van der Waals surface area contributed by atoms with Crippen molar-refractivity contribution in [2.45, 2.75) is 6.61 Å². The quantitative estimate of drug-likeness (QED) is 0.394. The van der Waals surface area contributed by atoms with Gasteiger partial charge in [-0.3, -0.25) is 4.79 Å². The number of carbonyl (C=O) groups excluding carboxylic acids is 1. The molecule has 7 heteroatoms. The molecule has 2 aromatic carbocycles. The lowest BCUT2D eigenvalue weighted by molar-refractivity contribution is 0.0997. The number of anilines is 1. The number of hydrogen-bond acceptors (Lipinski definition) is 4. The van der Waals surface area contributed by atoms with Crippen molar-refractivity contribution in [3.8, 4) is 22.6 Å². The molecular formula is C22H15Cl2NO4. The summed E-state index contributed by atoms with van der Waals surface area (Å²) in [6, 6.07) is 19.0. The van der Waals surface area contributed by atoms with Crippen molar-refractivity contribution in [2.75, 3.05) is 5.32 Å². The second kappa shape index (κ2) is 8.17. The Kier molecular flexibility index (Phi) is 5.45. The first-order valence-corrected chi connectivity index (χ1v) is 9.45. The Morgan fingerprint density at radius 2 is 1.59 bits per heavy atom. The van der Waals surface area contributed by atoms with E-state index in [2.05, 4.69) is 5.32 Å². The molecule has 1 amide bonds. The average molecular weight is 428 g/mol. The third-order valence-corrected chi connectivity index (χ3v) is 4.64. The largest absolute Gasteiger partial charge is 0.459 e. The molecule has 0 spiro atoms. The van der Waals surface area contributed by atoms with Crippen LogP contribution in [0.15, 0.2) is 75.6 Å². The number of halogens is 2. The van der Waals surface area contributed by atoms with E-state index >= 15 is 0 Å². The van der Waals surface area contributed by atoms with E-state index in [9.17, 15) is 4.79 Å². The number of furan rings is 2. The SMILES string of the molecule is O=C(Nc1cccc(-c2ccc(CO)o2)c1)c1ccc(-c2cc(Cl)cc(Cl)c2)o1. The molecule has 4 rings (SSSR count). The zero-order chi connectivity index (χ0) is 20.4. The lowest BCUT2D eigenvalue weighted by atomic mass is 10.1. The molecule has 2 aromatic heterocycles. The van der Waals surface area contributed by atoms with E-state index in [0.29, 0.717) is 38.6 Å². The van der Waals surface area contributed by atoms with E-state index in [1.165, 1.54) is 0 Å². The summed E-state index contributed by atoms with van der Waals surface area (Å²) in [7, 11) is 0. The number of rotatable bonds is 5. The first-order valence-electron chi connectivity index (χ1n) is 8.69. The second-order valence-electron chi connectivity index (χ2n) is 6.28. The molecule has 2 N–H and O–H groups in total. The molecule has 0 saturated carbocycles. The van der Waals surface area contributed by atoms with Crippen LogP contribution in [-0.4, -0.2) is 11.0 Å². The van der Waals surface area contributed by atoms with Crippen LogP contribution in [0.3, 0.4) is 0 Å². The Hall–Kier alpha value is -2.99. The van der Waals surface area contributed by atoms with Gasteiger partial charge in [-0.15, -0.1) is 0 Å². The van der Waals surface area contributed by atoms with Gasteiger partial charge in [-0.05, 0) is 54.6 Å². The third kappa shape index (κ3) is 4.38. The van der Waals surface area contributed by atoms with Crippen molar-refractivity contribution in [1.29, 1.82) is 0 Å². The molecule has 0 saturated heterocycles. The molecule has 0 atom stereocenters. The Morgan fingerprint density at radius 1 is 0.862 bits per heavy atom. The van der Waals surface area contributed by atoms with Crippen molar-refractivity contribution >= 4 is 34.8 Å². The summed E-state index contributed by atoms with van der Waals surface area (Å²) in [6.45, 7) is -0.172. The monoisotopic (exact) mass is 427 g/mol. The zero-order valence-electron chi connectivity index (χ0n) is 15.0. The average Bonchev–Trinajstić information content (AvgIpc) is 3.37. The van der Waals surface area contributed by atoms with Crippen molar-refractivity contribution in [3.63, 3.8) is 0 Å². The minimum Gasteiger partial charge on any atom is -0.459 e. The van der Waals surface area contributed by atoms with Crippen LogP contribution in [0.5, 0.6) is 0 Å². The fraction of sp³-hybridized carbons (Fsp3) is 0.0455. The molecule has 0 unspecified atom stereocenters. The molecule has 0 fully saturated rings. The van der Waals surface area contributed by atoms with E-state index in [4.69, 9.17) is 37.1 Å². The van der Waals surface area contributed by atoms with Crippen molar-refractivity contribution in [1.82, 2.24) is 0 Å². The highest BCUT2D eigenvalue weighted by Gasteiger charge is 2.14. The third-order valence-electron chi connectivity index (χ3n) is 4.20. The molecule has 146 valence electrons. The highest BCUT2D eigenvalue weighted by molar-refractivity contribution is 6.35. The minimum absolute atomic E-state index is 0.155. The van der Waals surface area contributed by atoms with Crippen LogP contribution in [0.2, 0.25) is 10.0 Å². The number of aliphatic hydroxyl groups excluding tert-OH is 1. The topological polar surface area (TPSA) is 75.6 Å². The molecule has 29 heavy (non-hydrogen) atoms. The first-order chi connectivity index (χ1) is 14.0. The van der Waals surface area contributed by atoms with Crippen LogP contribution in [0.25, 0.3) is 22.6 Å². The molecule has 0 bridgehead atoms. The van der Waals surface area contributed by atoms with E-state index in [-0.39, 0.29) is 12.4 Å². The standard InChI is InChI=1S/C22H15Cl2NO4/c23-15-8-14(9-16(24)11-15)20-6-7-21(29-20)22(27)25-17-3-1-2-13(10-17)19-5-4-18(12-26)28-19/h1-11,26H,12H2,(H,25,27). The zero-order valence-corrected chi connectivity index (χ0v) is 16.5. The van der Waals surface area contributed by atoms with Gasteiger partial charge in [0.1, 0.15) is 23.9 Å². The maximum atomic E-state index is 12.6. The second-order valence-corrected chi connectivity index (χ2v) is 7.15. The molecule has 2 heterocycles. The molecular weight excluding hydrogens is 413 g/mol. The fourth-order valence-corrected chi connectivity index (χ4v) is 3.40. The van der Waals surface area contributed by atoms with Gasteiger partial charge in [-0.1, -0.05) is 35.3 Å². The van der Waals surface area contributed by atoms with Crippen molar-refractivity contribution in [2.24, 2.45) is 0 Å². The van der Waals surface area contributed by atoms with Crippen molar-refractivity contribution < 1.29 is 18.7 Å². The Bertz CT molecular complexity index is 1160. The van der Waals surface area contributed by atoms with Crippen LogP contribution in [0.1, 0.15) is 16.3 Å². The van der Waals surface area contributed by atoms with Gasteiger partial charge in [-0.25, -0.2) is 0 Å². The van der Waals surface area contributed by atoms with Gasteiger partial charge in [0.05, 0.1) is 0 Å². The molecule has 0 aliphatic rings. The molecule has 0 aliphatic carbocycles. The van der Waals surface area contributed by atoms with Crippen LogP contribution in [-0.2, 0) is 6.61 Å². The number of nitrogens with one attached hydrogen (secondary N) is 1. The summed E-state index contributed by atoms with van der Waals surface area (Å²) in [6.07, 6.45) is 0. The number of benzene rings is 2. The molecule has 0 radical (unpaired) electrons. The molecule has 0 aliphatic heterocycles. The minimum atomic E-state index is -0.392. The van der Waals surface area contributed by atoms with Gasteiger partial charge in [0.15, 0.2) is 5.76 Å². The first kappa shape index (κ1) is 19.3. The summed E-state index contributed by atoms with van der Waals surface area (Å²) in [5, 5.41) is 12.9. The van der Waals surface area contributed by atoms with E-state index < -0.39 is 5.91 Å². The summed E-state index contributed by atoms with van der Waals surface area (Å²) < 4.78 is 11.2. The number of aliphatic hydroxyl groups is 1. The lowest BCUT2D eigenvalue weighted by Gasteiger charge is -2.05. The number of carbonyl (C=O) groups is 1. The van der Waals surface area contributed by atoms with Gasteiger partial charge in [0.25, 0.3) is 5.91 Å². The smallest absolute Gasteiger partial charge is 0.291 e. The Morgan fingerprint density at radius 3 is 2.31 bits per heavy atom. The number of amides is 1. The summed E-state index contributed by atoms with van der Waals surface area (Å²) >= 11 is 12.1. The fourth-order valence-electron chi connectivity index (χ4n) is 2.87. The Balaban J connectivity index is 1.53. The summed E-state index contributed by atoms with van der Waals surface area (Å²) in [4.78, 5) is 12.6. The predicted octanol–water partition coefficient (Wildman–Crippen LogP) is 6.26. The van der Waals surface area contributed by atoms with Crippen LogP contribution in [0.4, 0.5) is 5.69 Å². The maximum Gasteiger partial charge on any atom is 0.291 e. The van der Waals surface area contributed by atoms with Crippen LogP contribution in [0, 0.1) is 0 Å². The van der Waals surface area contributed by atoms with Gasteiger partial charge in [0, 0.05) is 26.9 Å². The summed E-state index contributed by atoms with van der Waals surface area (Å²) in [5.74, 6) is 1.32. The predicted molar refractivity (Wildman–Crippen MR) is 112 cm³/mol. The van der Waals surface area contributed by atoms with Crippen LogP contribution < -0.4 is 5.32 Å². The Labute approximate surface area is 176 Å². The van der Waals surface area contributed by atoms with Gasteiger partial charge in [-0.2, -0.15) is 0 Å². The van der Waals surface area contributed by atoms with Gasteiger partial charge < -0.3 is 19.3 Å². The van der Waals surface area contributed by atoms with E-state index in [1.807, 2.05) is 6.07 Å². The lowest BCUT2D eigenvalue weighted by Crippen LogP contribution is -2.10. The van der Waals surface area contributed by atoms with Gasteiger partial charge in [0.2, 0.25) is 0 Å². The van der Waals surface area contributed by atoms with Gasteiger partial charge >= 0.3 is 0 Å².